The van der Waals surface area contributed by atoms with E-state index >= 15 is 0 Å². The van der Waals surface area contributed by atoms with Crippen LogP contribution in [0.2, 0.25) is 0 Å². The lowest BCUT2D eigenvalue weighted by molar-refractivity contribution is -0.385. The van der Waals surface area contributed by atoms with Crippen molar-refractivity contribution in [3.05, 3.63) is 33.9 Å². The second kappa shape index (κ2) is 4.49. The molecule has 0 radical (unpaired) electrons. The van der Waals surface area contributed by atoms with Gasteiger partial charge in [0.25, 0.3) is 5.69 Å². The van der Waals surface area contributed by atoms with E-state index in [1.54, 1.807) is 12.1 Å². The van der Waals surface area contributed by atoms with Crippen LogP contribution in [-0.4, -0.2) is 23.1 Å². The van der Waals surface area contributed by atoms with Gasteiger partial charge in [0.2, 0.25) is 0 Å². The SMILES string of the molecule is O=[N+]([O-])c1ccc(N2CCCC2)cc1CO. The fourth-order valence-corrected chi connectivity index (χ4v) is 2.05. The number of aliphatic hydroxyl groups is 1. The van der Waals surface area contributed by atoms with Gasteiger partial charge in [0.1, 0.15) is 0 Å². The van der Waals surface area contributed by atoms with Gasteiger partial charge >= 0.3 is 0 Å². The van der Waals surface area contributed by atoms with Gasteiger partial charge in [0, 0.05) is 24.8 Å². The topological polar surface area (TPSA) is 66.6 Å². The lowest BCUT2D eigenvalue weighted by Crippen LogP contribution is -2.17. The highest BCUT2D eigenvalue weighted by molar-refractivity contribution is 5.55. The molecule has 16 heavy (non-hydrogen) atoms. The minimum atomic E-state index is -0.459. The van der Waals surface area contributed by atoms with Crippen molar-refractivity contribution in [1.29, 1.82) is 0 Å². The Morgan fingerprint density at radius 1 is 1.38 bits per heavy atom. The van der Waals surface area contributed by atoms with Crippen LogP contribution < -0.4 is 4.90 Å². The zero-order chi connectivity index (χ0) is 11.5. The molecule has 86 valence electrons. The number of anilines is 1. The van der Waals surface area contributed by atoms with Gasteiger partial charge in [-0.3, -0.25) is 10.1 Å². The van der Waals surface area contributed by atoms with Crippen LogP contribution in [0.15, 0.2) is 18.2 Å². The van der Waals surface area contributed by atoms with Gasteiger partial charge in [0.15, 0.2) is 0 Å². The van der Waals surface area contributed by atoms with E-state index in [-0.39, 0.29) is 12.3 Å². The maximum absolute atomic E-state index is 10.7. The Hall–Kier alpha value is -1.62. The van der Waals surface area contributed by atoms with Crippen molar-refractivity contribution in [2.75, 3.05) is 18.0 Å². The molecule has 1 fully saturated rings. The molecule has 0 amide bonds. The Kier molecular flexibility index (Phi) is 3.05. The van der Waals surface area contributed by atoms with Gasteiger partial charge in [-0.05, 0) is 25.0 Å². The molecule has 2 rings (SSSR count). The summed E-state index contributed by atoms with van der Waals surface area (Å²) in [6, 6.07) is 4.94. The minimum Gasteiger partial charge on any atom is -0.391 e. The molecule has 1 aromatic carbocycles. The van der Waals surface area contributed by atoms with Crippen molar-refractivity contribution in [2.45, 2.75) is 19.4 Å². The average molecular weight is 222 g/mol. The number of hydrogen-bond donors (Lipinski definition) is 1. The lowest BCUT2D eigenvalue weighted by Gasteiger charge is -2.18. The van der Waals surface area contributed by atoms with E-state index in [0.29, 0.717) is 5.56 Å². The van der Waals surface area contributed by atoms with Crippen LogP contribution in [0.3, 0.4) is 0 Å². The summed E-state index contributed by atoms with van der Waals surface area (Å²) in [4.78, 5) is 12.4. The molecule has 0 bridgehead atoms. The first-order chi connectivity index (χ1) is 7.72. The van der Waals surface area contributed by atoms with Gasteiger partial charge in [-0.15, -0.1) is 0 Å². The Morgan fingerprint density at radius 2 is 2.06 bits per heavy atom. The van der Waals surface area contributed by atoms with E-state index in [9.17, 15) is 10.1 Å². The number of hydrogen-bond acceptors (Lipinski definition) is 4. The van der Waals surface area contributed by atoms with Crippen LogP contribution in [0, 0.1) is 10.1 Å². The summed E-state index contributed by atoms with van der Waals surface area (Å²) in [5, 5.41) is 19.8. The summed E-state index contributed by atoms with van der Waals surface area (Å²) < 4.78 is 0. The largest absolute Gasteiger partial charge is 0.391 e. The van der Waals surface area contributed by atoms with E-state index < -0.39 is 4.92 Å². The van der Waals surface area contributed by atoms with Crippen LogP contribution in [-0.2, 0) is 6.61 Å². The molecule has 0 saturated carbocycles. The zero-order valence-corrected chi connectivity index (χ0v) is 8.93. The second-order valence-electron chi connectivity index (χ2n) is 3.92. The summed E-state index contributed by atoms with van der Waals surface area (Å²) in [5.74, 6) is 0. The van der Waals surface area contributed by atoms with Crippen molar-refractivity contribution >= 4 is 11.4 Å². The molecule has 0 atom stereocenters. The summed E-state index contributed by atoms with van der Waals surface area (Å²) >= 11 is 0. The highest BCUT2D eigenvalue weighted by Crippen LogP contribution is 2.27. The summed E-state index contributed by atoms with van der Waals surface area (Å²) in [6.45, 7) is 1.68. The number of nitro groups is 1. The van der Waals surface area contributed by atoms with Crippen LogP contribution in [0.5, 0.6) is 0 Å². The number of aliphatic hydroxyl groups excluding tert-OH is 1. The van der Waals surface area contributed by atoms with Gasteiger partial charge in [-0.2, -0.15) is 0 Å². The van der Waals surface area contributed by atoms with Gasteiger partial charge in [-0.1, -0.05) is 0 Å². The molecular formula is C11H14N2O3. The van der Waals surface area contributed by atoms with E-state index in [0.717, 1.165) is 31.6 Å². The fourth-order valence-electron chi connectivity index (χ4n) is 2.05. The Labute approximate surface area is 93.5 Å². The number of benzene rings is 1. The molecule has 5 nitrogen and oxygen atoms in total. The first kappa shape index (κ1) is 10.9. The summed E-state index contributed by atoms with van der Waals surface area (Å²) in [6.07, 6.45) is 2.32. The van der Waals surface area contributed by atoms with E-state index in [4.69, 9.17) is 5.11 Å². The third-order valence-corrected chi connectivity index (χ3v) is 2.90. The van der Waals surface area contributed by atoms with Crippen molar-refractivity contribution in [3.63, 3.8) is 0 Å². The molecule has 1 heterocycles. The molecule has 1 aliphatic rings. The van der Waals surface area contributed by atoms with Crippen LogP contribution in [0.25, 0.3) is 0 Å². The summed E-state index contributed by atoms with van der Waals surface area (Å²) in [5.41, 5.74) is 1.34. The Bertz CT molecular complexity index is 400. The van der Waals surface area contributed by atoms with Crippen LogP contribution in [0.4, 0.5) is 11.4 Å². The predicted octanol–water partition coefficient (Wildman–Crippen LogP) is 1.69. The molecule has 5 heteroatoms. The Morgan fingerprint density at radius 3 is 2.62 bits per heavy atom. The van der Waals surface area contributed by atoms with E-state index in [1.165, 1.54) is 6.07 Å². The monoisotopic (exact) mass is 222 g/mol. The third kappa shape index (κ3) is 1.99. The normalized spacial score (nSPS) is 15.4. The van der Waals surface area contributed by atoms with E-state index in [2.05, 4.69) is 4.90 Å². The average Bonchev–Trinajstić information content (AvgIpc) is 2.81. The zero-order valence-electron chi connectivity index (χ0n) is 8.93. The maximum Gasteiger partial charge on any atom is 0.275 e. The maximum atomic E-state index is 10.7. The van der Waals surface area contributed by atoms with Crippen molar-refractivity contribution < 1.29 is 10.0 Å². The minimum absolute atomic E-state index is 0.00885. The fraction of sp³-hybridized carbons (Fsp3) is 0.455. The number of rotatable bonds is 3. The molecule has 0 spiro atoms. The predicted molar refractivity (Wildman–Crippen MR) is 60.5 cm³/mol. The van der Waals surface area contributed by atoms with Gasteiger partial charge in [0.05, 0.1) is 17.1 Å². The van der Waals surface area contributed by atoms with Crippen molar-refractivity contribution in [2.24, 2.45) is 0 Å². The van der Waals surface area contributed by atoms with Crippen molar-refractivity contribution in [3.8, 4) is 0 Å². The quantitative estimate of drug-likeness (QED) is 0.624. The Balaban J connectivity index is 2.32. The standard InChI is InChI=1S/C11H14N2O3/c14-8-9-7-10(12-5-1-2-6-12)3-4-11(9)13(15)16/h3-4,7,14H,1-2,5-6,8H2. The molecule has 0 aliphatic carbocycles. The molecule has 1 saturated heterocycles. The number of nitro benzene ring substituents is 1. The summed E-state index contributed by atoms with van der Waals surface area (Å²) in [7, 11) is 0. The smallest absolute Gasteiger partial charge is 0.275 e. The lowest BCUT2D eigenvalue weighted by atomic mass is 10.1. The van der Waals surface area contributed by atoms with Gasteiger partial charge < -0.3 is 10.0 Å². The number of nitrogens with zero attached hydrogens (tertiary/aromatic N) is 2. The van der Waals surface area contributed by atoms with Gasteiger partial charge in [-0.25, -0.2) is 0 Å². The van der Waals surface area contributed by atoms with Crippen molar-refractivity contribution in [1.82, 2.24) is 0 Å². The third-order valence-electron chi connectivity index (χ3n) is 2.90. The van der Waals surface area contributed by atoms with Crippen LogP contribution in [0.1, 0.15) is 18.4 Å². The molecule has 0 unspecified atom stereocenters. The highest BCUT2D eigenvalue weighted by Gasteiger charge is 2.17. The van der Waals surface area contributed by atoms with E-state index in [1.807, 2.05) is 0 Å². The molecular weight excluding hydrogens is 208 g/mol. The molecule has 1 N–H and O–H groups in total. The second-order valence-corrected chi connectivity index (χ2v) is 3.92. The first-order valence-electron chi connectivity index (χ1n) is 5.35. The first-order valence-corrected chi connectivity index (χ1v) is 5.35. The molecule has 0 aromatic heterocycles. The molecule has 1 aromatic rings. The highest BCUT2D eigenvalue weighted by atomic mass is 16.6. The van der Waals surface area contributed by atoms with Crippen LogP contribution >= 0.6 is 0 Å². The molecule has 1 aliphatic heterocycles.